The summed E-state index contributed by atoms with van der Waals surface area (Å²) in [6.45, 7) is 0. The molecule has 0 saturated carbocycles. The second kappa shape index (κ2) is 6.34. The van der Waals surface area contributed by atoms with Crippen molar-refractivity contribution in [3.05, 3.63) is 65.9 Å². The van der Waals surface area contributed by atoms with E-state index in [1.165, 1.54) is 16.8 Å². The van der Waals surface area contributed by atoms with E-state index in [1.54, 1.807) is 42.6 Å². The average Bonchev–Trinajstić information content (AvgIpc) is 3.05. The minimum Gasteiger partial charge on any atom is -0.298 e. The van der Waals surface area contributed by atoms with E-state index >= 15 is 0 Å². The van der Waals surface area contributed by atoms with E-state index in [4.69, 9.17) is 5.26 Å². The monoisotopic (exact) mass is 351 g/mol. The number of hydrogen-bond acceptors (Lipinski definition) is 5. The van der Waals surface area contributed by atoms with Crippen molar-refractivity contribution in [2.45, 2.75) is 4.90 Å². The quantitative estimate of drug-likeness (QED) is 0.674. The summed E-state index contributed by atoms with van der Waals surface area (Å²) < 4.78 is 24.6. The predicted octanol–water partition coefficient (Wildman–Crippen LogP) is 2.63. The lowest BCUT2D eigenvalue weighted by atomic mass is 10.1. The maximum atomic E-state index is 11.6. The fourth-order valence-corrected chi connectivity index (χ4v) is 3.04. The van der Waals surface area contributed by atoms with Gasteiger partial charge >= 0.3 is 0 Å². The van der Waals surface area contributed by atoms with Gasteiger partial charge in [-0.1, -0.05) is 18.2 Å². The van der Waals surface area contributed by atoms with Crippen molar-refractivity contribution in [3.8, 4) is 23.0 Å². The van der Waals surface area contributed by atoms with E-state index in [9.17, 15) is 13.2 Å². The Kier molecular flexibility index (Phi) is 4.21. The molecule has 3 aromatic rings. The molecule has 0 amide bonds. The molecule has 0 radical (unpaired) electrons. The maximum Gasteiger partial charge on any atom is 0.175 e. The molecule has 1 heterocycles. The molecule has 6 nitrogen and oxygen atoms in total. The summed E-state index contributed by atoms with van der Waals surface area (Å²) in [7, 11) is -3.29. The molecule has 0 fully saturated rings. The third-order valence-electron chi connectivity index (χ3n) is 3.67. The maximum absolute atomic E-state index is 11.6. The number of rotatable bonds is 4. The van der Waals surface area contributed by atoms with Gasteiger partial charge in [0, 0.05) is 18.0 Å². The lowest BCUT2D eigenvalue weighted by Crippen LogP contribution is -1.97. The first-order valence-corrected chi connectivity index (χ1v) is 9.17. The Balaban J connectivity index is 2.07. The normalized spacial score (nSPS) is 11.0. The minimum atomic E-state index is -3.29. The molecule has 0 saturated heterocycles. The SMILES string of the molecule is CS(=O)(=O)c1ccc(-c2nn(-c3cccc(C#N)c3)cc2C=O)cc1. The van der Waals surface area contributed by atoms with E-state index in [0.717, 1.165) is 6.26 Å². The number of carbonyl (C=O) groups excluding carboxylic acids is 1. The van der Waals surface area contributed by atoms with Gasteiger partial charge < -0.3 is 0 Å². The zero-order chi connectivity index (χ0) is 18.0. The zero-order valence-corrected chi connectivity index (χ0v) is 14.1. The number of hydrogen-bond donors (Lipinski definition) is 0. The molecule has 0 aliphatic rings. The first-order valence-electron chi connectivity index (χ1n) is 7.28. The molecule has 1 aromatic heterocycles. The van der Waals surface area contributed by atoms with E-state index in [0.29, 0.717) is 34.4 Å². The van der Waals surface area contributed by atoms with Crippen LogP contribution in [-0.4, -0.2) is 30.7 Å². The molecular weight excluding hydrogens is 338 g/mol. The summed E-state index contributed by atoms with van der Waals surface area (Å²) in [5.41, 5.74) is 2.58. The largest absolute Gasteiger partial charge is 0.298 e. The van der Waals surface area contributed by atoms with Crippen LogP contribution in [0.3, 0.4) is 0 Å². The highest BCUT2D eigenvalue weighted by molar-refractivity contribution is 7.90. The molecule has 0 aliphatic heterocycles. The summed E-state index contributed by atoms with van der Waals surface area (Å²) in [4.78, 5) is 11.6. The van der Waals surface area contributed by atoms with Gasteiger partial charge in [0.2, 0.25) is 0 Å². The van der Waals surface area contributed by atoms with Gasteiger partial charge in [-0.15, -0.1) is 0 Å². The van der Waals surface area contributed by atoms with Gasteiger partial charge in [0.05, 0.1) is 27.8 Å². The number of nitriles is 1. The summed E-state index contributed by atoms with van der Waals surface area (Å²) in [5.74, 6) is 0. The van der Waals surface area contributed by atoms with Crippen LogP contribution in [0.2, 0.25) is 0 Å². The molecule has 124 valence electrons. The minimum absolute atomic E-state index is 0.199. The average molecular weight is 351 g/mol. The number of carbonyl (C=O) groups is 1. The molecule has 0 atom stereocenters. The van der Waals surface area contributed by atoms with Crippen LogP contribution in [0.25, 0.3) is 16.9 Å². The number of aromatic nitrogens is 2. The van der Waals surface area contributed by atoms with Crippen LogP contribution in [-0.2, 0) is 9.84 Å². The first kappa shape index (κ1) is 16.6. The highest BCUT2D eigenvalue weighted by atomic mass is 32.2. The van der Waals surface area contributed by atoms with Gasteiger partial charge in [-0.25, -0.2) is 13.1 Å². The summed E-state index contributed by atoms with van der Waals surface area (Å²) in [6, 6.07) is 15.1. The van der Waals surface area contributed by atoms with E-state index in [1.807, 2.05) is 0 Å². The molecule has 3 rings (SSSR count). The second-order valence-electron chi connectivity index (χ2n) is 5.45. The topological polar surface area (TPSA) is 92.8 Å². The molecule has 0 bridgehead atoms. The number of benzene rings is 2. The van der Waals surface area contributed by atoms with Gasteiger partial charge in [0.15, 0.2) is 16.1 Å². The Morgan fingerprint density at radius 1 is 1.16 bits per heavy atom. The van der Waals surface area contributed by atoms with Crippen molar-refractivity contribution in [1.29, 1.82) is 5.26 Å². The molecule has 0 N–H and O–H groups in total. The molecular formula is C18H13N3O3S. The third-order valence-corrected chi connectivity index (χ3v) is 4.79. The lowest BCUT2D eigenvalue weighted by molar-refractivity contribution is 0.112. The summed E-state index contributed by atoms with van der Waals surface area (Å²) in [6.07, 6.45) is 3.40. The number of sulfone groups is 1. The van der Waals surface area contributed by atoms with Crippen molar-refractivity contribution in [3.63, 3.8) is 0 Å². The first-order chi connectivity index (χ1) is 11.9. The van der Waals surface area contributed by atoms with Gasteiger partial charge in [-0.05, 0) is 30.3 Å². The van der Waals surface area contributed by atoms with Gasteiger partial charge in [-0.3, -0.25) is 4.79 Å². The Hall–Kier alpha value is -3.24. The third kappa shape index (κ3) is 3.34. The van der Waals surface area contributed by atoms with Crippen LogP contribution in [0.15, 0.2) is 59.6 Å². The molecule has 0 spiro atoms. The van der Waals surface area contributed by atoms with E-state index in [2.05, 4.69) is 11.2 Å². The van der Waals surface area contributed by atoms with Crippen molar-refractivity contribution in [1.82, 2.24) is 9.78 Å². The van der Waals surface area contributed by atoms with Crippen LogP contribution in [0.5, 0.6) is 0 Å². The predicted molar refractivity (Wildman–Crippen MR) is 92.2 cm³/mol. The van der Waals surface area contributed by atoms with Crippen LogP contribution < -0.4 is 0 Å². The van der Waals surface area contributed by atoms with Crippen molar-refractivity contribution in [2.24, 2.45) is 0 Å². The molecule has 0 unspecified atom stereocenters. The Bertz CT molecular complexity index is 1090. The second-order valence-corrected chi connectivity index (χ2v) is 7.47. The van der Waals surface area contributed by atoms with Crippen molar-refractivity contribution in [2.75, 3.05) is 6.26 Å². The highest BCUT2D eigenvalue weighted by Gasteiger charge is 2.13. The van der Waals surface area contributed by atoms with Crippen molar-refractivity contribution >= 4 is 16.1 Å². The van der Waals surface area contributed by atoms with Crippen molar-refractivity contribution < 1.29 is 13.2 Å². The Labute approximate surface area is 144 Å². The van der Waals surface area contributed by atoms with Crippen LogP contribution in [0.4, 0.5) is 0 Å². The highest BCUT2D eigenvalue weighted by Crippen LogP contribution is 2.24. The zero-order valence-electron chi connectivity index (χ0n) is 13.2. The Morgan fingerprint density at radius 2 is 1.88 bits per heavy atom. The van der Waals surface area contributed by atoms with Crippen LogP contribution in [0, 0.1) is 11.3 Å². The fourth-order valence-electron chi connectivity index (χ4n) is 2.41. The number of nitrogens with zero attached hydrogens (tertiary/aromatic N) is 3. The lowest BCUT2D eigenvalue weighted by Gasteiger charge is -2.02. The molecule has 2 aromatic carbocycles. The molecule has 25 heavy (non-hydrogen) atoms. The van der Waals surface area contributed by atoms with E-state index in [-0.39, 0.29) is 4.90 Å². The summed E-state index contributed by atoms with van der Waals surface area (Å²) in [5, 5.41) is 13.4. The summed E-state index contributed by atoms with van der Waals surface area (Å²) >= 11 is 0. The van der Waals surface area contributed by atoms with Gasteiger partial charge in [0.25, 0.3) is 0 Å². The molecule has 0 aliphatic carbocycles. The molecule has 7 heteroatoms. The fraction of sp³-hybridized carbons (Fsp3) is 0.0556. The standard InChI is InChI=1S/C18H13N3O3S/c1-25(23,24)17-7-5-14(6-8-17)18-15(12-22)11-21(20-18)16-4-2-3-13(9-16)10-19/h2-9,11-12H,1H3. The van der Waals surface area contributed by atoms with Crippen LogP contribution in [0.1, 0.15) is 15.9 Å². The van der Waals surface area contributed by atoms with Gasteiger partial charge in [-0.2, -0.15) is 10.4 Å². The Morgan fingerprint density at radius 3 is 2.48 bits per heavy atom. The van der Waals surface area contributed by atoms with Gasteiger partial charge in [0.1, 0.15) is 5.69 Å². The number of aldehydes is 1. The smallest absolute Gasteiger partial charge is 0.175 e. The van der Waals surface area contributed by atoms with Crippen LogP contribution >= 0.6 is 0 Å². The van der Waals surface area contributed by atoms with E-state index < -0.39 is 9.84 Å².